The first-order chi connectivity index (χ1) is 31.9. The Hall–Kier alpha value is -4.62. The largest absolute Gasteiger partial charge is 0.537 e. The van der Waals surface area contributed by atoms with Crippen LogP contribution in [-0.4, -0.2) is 32.5 Å². The molecule has 8 fully saturated rings. The minimum Gasteiger partial charge on any atom is -0.537 e. The van der Waals surface area contributed by atoms with Gasteiger partial charge in [-0.1, -0.05) is 124 Å². The fourth-order valence-electron chi connectivity index (χ4n) is 15.3. The average Bonchev–Trinajstić information content (AvgIpc) is 3.46. The molecule has 9 aliphatic carbocycles. The Morgan fingerprint density at radius 1 is 0.591 bits per heavy atom. The van der Waals surface area contributed by atoms with Gasteiger partial charge in [0.05, 0.1) is 5.76 Å². The second kappa shape index (κ2) is 17.5. The lowest BCUT2D eigenvalue weighted by Crippen LogP contribution is -2.66. The van der Waals surface area contributed by atoms with Crippen LogP contribution in [0.2, 0.25) is 5.04 Å². The van der Waals surface area contributed by atoms with Gasteiger partial charge in [0.2, 0.25) is 0 Å². The molecule has 1 unspecified atom stereocenters. The van der Waals surface area contributed by atoms with Gasteiger partial charge in [0, 0.05) is 6.42 Å². The number of esters is 2. The topological polar surface area (TPSA) is 71.1 Å². The van der Waals surface area contributed by atoms with Crippen molar-refractivity contribution < 1.29 is 28.2 Å². The molecule has 0 radical (unpaired) electrons. The molecule has 346 valence electrons. The first-order valence-electron chi connectivity index (χ1n) is 25.6. The molecule has 9 aliphatic rings. The zero-order valence-corrected chi connectivity index (χ0v) is 40.7. The second-order valence-electron chi connectivity index (χ2n) is 23.3. The SMILES string of the molecule is CC1=C(O[Si](c2ccccc2)(c2ccccc2)C(C)(C)C)CC(c2ccc(OCc3ccccc3)cc2)CC(C(=O)OC2C3CC4CC(C3)CC2C4)(C(=O)OC2C3CC4CC(C3)CC2C4)C1. The van der Waals surface area contributed by atoms with E-state index in [1.165, 1.54) is 23.2 Å². The van der Waals surface area contributed by atoms with Gasteiger partial charge in [0.15, 0.2) is 5.41 Å². The van der Waals surface area contributed by atoms with Crippen molar-refractivity contribution in [2.75, 3.05) is 0 Å². The summed E-state index contributed by atoms with van der Waals surface area (Å²) in [6.07, 6.45) is 12.5. The van der Waals surface area contributed by atoms with E-state index in [2.05, 4.69) is 113 Å². The quantitative estimate of drug-likeness (QED) is 0.0801. The van der Waals surface area contributed by atoms with Crippen LogP contribution >= 0.6 is 0 Å². The maximum absolute atomic E-state index is 15.8. The van der Waals surface area contributed by atoms with Crippen LogP contribution in [0.1, 0.15) is 128 Å². The monoisotopic (exact) mass is 902 g/mol. The van der Waals surface area contributed by atoms with E-state index in [1.807, 2.05) is 30.3 Å². The summed E-state index contributed by atoms with van der Waals surface area (Å²) in [6.45, 7) is 9.53. The van der Waals surface area contributed by atoms with Gasteiger partial charge in [0.25, 0.3) is 0 Å². The molecule has 0 saturated heterocycles. The molecule has 4 aromatic carbocycles. The van der Waals surface area contributed by atoms with Gasteiger partial charge in [-0.05, 0) is 181 Å². The minimum atomic E-state index is -3.10. The van der Waals surface area contributed by atoms with Crippen LogP contribution in [-0.2, 0) is 30.1 Å². The Morgan fingerprint density at radius 3 is 1.47 bits per heavy atom. The highest BCUT2D eigenvalue weighted by atomic mass is 28.4. The van der Waals surface area contributed by atoms with Crippen molar-refractivity contribution in [3.05, 3.63) is 138 Å². The van der Waals surface area contributed by atoms with Crippen LogP contribution in [0, 0.1) is 52.8 Å². The summed E-state index contributed by atoms with van der Waals surface area (Å²) >= 11 is 0. The molecule has 0 spiro atoms. The molecule has 0 aromatic heterocycles. The van der Waals surface area contributed by atoms with E-state index in [1.54, 1.807) is 0 Å². The smallest absolute Gasteiger partial charge is 0.324 e. The lowest BCUT2D eigenvalue weighted by atomic mass is 9.55. The van der Waals surface area contributed by atoms with Crippen molar-refractivity contribution in [2.24, 2.45) is 52.8 Å². The lowest BCUT2D eigenvalue weighted by Gasteiger charge is -2.54. The summed E-state index contributed by atoms with van der Waals surface area (Å²) in [4.78, 5) is 31.7. The summed E-state index contributed by atoms with van der Waals surface area (Å²) in [5.74, 6) is 5.15. The average molecular weight is 903 g/mol. The number of allylic oxidation sites excluding steroid dienone is 2. The minimum absolute atomic E-state index is 0.143. The predicted molar refractivity (Wildman–Crippen MR) is 261 cm³/mol. The molecule has 0 N–H and O–H groups in total. The molecule has 8 saturated carbocycles. The van der Waals surface area contributed by atoms with Gasteiger partial charge in [0.1, 0.15) is 24.6 Å². The van der Waals surface area contributed by atoms with E-state index in [-0.39, 0.29) is 41.5 Å². The number of ether oxygens (including phenoxy) is 3. The van der Waals surface area contributed by atoms with Gasteiger partial charge in [-0.2, -0.15) is 0 Å². The van der Waals surface area contributed by atoms with Gasteiger partial charge in [-0.25, -0.2) is 0 Å². The van der Waals surface area contributed by atoms with E-state index in [9.17, 15) is 0 Å². The number of hydrogen-bond acceptors (Lipinski definition) is 6. The number of hydrogen-bond donors (Lipinski definition) is 0. The van der Waals surface area contributed by atoms with Crippen LogP contribution in [0.5, 0.6) is 5.75 Å². The van der Waals surface area contributed by atoms with E-state index in [0.29, 0.717) is 43.1 Å². The summed E-state index contributed by atoms with van der Waals surface area (Å²) < 4.78 is 28.3. The van der Waals surface area contributed by atoms with Crippen LogP contribution in [0.15, 0.2) is 127 Å². The first-order valence-corrected chi connectivity index (χ1v) is 27.5. The highest BCUT2D eigenvalue weighted by Gasteiger charge is 2.59. The zero-order valence-electron chi connectivity index (χ0n) is 39.7. The third kappa shape index (κ3) is 8.07. The van der Waals surface area contributed by atoms with Crippen molar-refractivity contribution >= 4 is 30.6 Å². The molecule has 0 amide bonds. The maximum atomic E-state index is 15.8. The fraction of sp³-hybridized carbons (Fsp3) is 0.525. The Morgan fingerprint density at radius 2 is 1.03 bits per heavy atom. The van der Waals surface area contributed by atoms with Gasteiger partial charge < -0.3 is 18.6 Å². The van der Waals surface area contributed by atoms with Gasteiger partial charge in [-0.3, -0.25) is 9.59 Å². The van der Waals surface area contributed by atoms with E-state index in [0.717, 1.165) is 103 Å². The number of carbonyl (C=O) groups is 2. The van der Waals surface area contributed by atoms with Crippen molar-refractivity contribution in [3.63, 3.8) is 0 Å². The maximum Gasteiger partial charge on any atom is 0.324 e. The molecule has 13 rings (SSSR count). The van der Waals surface area contributed by atoms with Crippen molar-refractivity contribution in [1.82, 2.24) is 0 Å². The summed E-state index contributed by atoms with van der Waals surface area (Å²) in [6, 6.07) is 40.2. The third-order valence-electron chi connectivity index (χ3n) is 17.9. The molecule has 7 heteroatoms. The molecule has 0 heterocycles. The normalized spacial score (nSPS) is 33.3. The molecule has 0 aliphatic heterocycles. The number of benzene rings is 4. The van der Waals surface area contributed by atoms with Crippen molar-refractivity contribution in [2.45, 2.75) is 141 Å². The Labute approximate surface area is 394 Å². The van der Waals surface area contributed by atoms with E-state index >= 15 is 9.59 Å². The Balaban J connectivity index is 1.01. The Bertz CT molecular complexity index is 2250. The highest BCUT2D eigenvalue weighted by Crippen LogP contribution is 2.58. The first kappa shape index (κ1) is 43.9. The van der Waals surface area contributed by atoms with Gasteiger partial charge in [-0.15, -0.1) is 0 Å². The van der Waals surface area contributed by atoms with E-state index < -0.39 is 13.7 Å². The summed E-state index contributed by atoms with van der Waals surface area (Å²) in [7, 11) is -3.10. The molecule has 8 bridgehead atoms. The summed E-state index contributed by atoms with van der Waals surface area (Å²) in [5, 5.41) is 2.10. The molecular formula is C59H70O6Si. The van der Waals surface area contributed by atoms with Crippen LogP contribution in [0.4, 0.5) is 0 Å². The molecular weight excluding hydrogens is 833 g/mol. The number of rotatable bonds is 12. The van der Waals surface area contributed by atoms with E-state index in [4.69, 9.17) is 18.6 Å². The van der Waals surface area contributed by atoms with Crippen molar-refractivity contribution in [3.8, 4) is 5.75 Å². The lowest BCUT2D eigenvalue weighted by molar-refractivity contribution is -0.199. The molecule has 1 atom stereocenters. The van der Waals surface area contributed by atoms with Gasteiger partial charge >= 0.3 is 20.3 Å². The molecule has 4 aromatic rings. The fourth-order valence-corrected chi connectivity index (χ4v) is 19.9. The standard InChI is InChI=1S/C59H70O6Si/c1-38-35-59(56(60)63-54-45-26-40-24-41(28-45)29-46(54)27-40,57(61)64-55-47-30-42-25-43(32-47)33-48(55)31-42)36-49(44-20-22-50(23-21-44)62-37-39-14-8-5-9-15-39)34-53(38)65-66(58(2,3)4,51-16-10-6-11-17-51)52-18-12-7-13-19-52/h5-23,40-43,45-49,54-55H,24-37H2,1-4H3. The molecule has 6 nitrogen and oxygen atoms in total. The van der Waals surface area contributed by atoms with Crippen LogP contribution in [0.3, 0.4) is 0 Å². The van der Waals surface area contributed by atoms with Crippen LogP contribution in [0.25, 0.3) is 0 Å². The Kier molecular flexibility index (Phi) is 11.6. The number of carbonyl (C=O) groups excluding carboxylic acids is 2. The molecule has 66 heavy (non-hydrogen) atoms. The summed E-state index contributed by atoms with van der Waals surface area (Å²) in [5.41, 5.74) is 1.57. The zero-order chi connectivity index (χ0) is 45.2. The second-order valence-corrected chi connectivity index (χ2v) is 27.5. The predicted octanol–water partition coefficient (Wildman–Crippen LogP) is 12.1. The van der Waals surface area contributed by atoms with Crippen molar-refractivity contribution in [1.29, 1.82) is 0 Å². The van der Waals surface area contributed by atoms with Crippen LogP contribution < -0.4 is 15.1 Å². The third-order valence-corrected chi connectivity index (χ3v) is 22.9. The highest BCUT2D eigenvalue weighted by molar-refractivity contribution is 6.99.